The second-order valence-electron chi connectivity index (χ2n) is 3.95. The van der Waals surface area contributed by atoms with E-state index in [9.17, 15) is 8.42 Å². The molecule has 96 valence electrons. The maximum absolute atomic E-state index is 11.4. The van der Waals surface area contributed by atoms with E-state index in [1.807, 2.05) is 12.1 Å². The van der Waals surface area contributed by atoms with Crippen molar-refractivity contribution in [2.24, 2.45) is 0 Å². The third kappa shape index (κ3) is 2.65. The van der Waals surface area contributed by atoms with E-state index in [2.05, 4.69) is 5.10 Å². The van der Waals surface area contributed by atoms with Crippen LogP contribution in [0.25, 0.3) is 0 Å². The van der Waals surface area contributed by atoms with Crippen molar-refractivity contribution in [3.05, 3.63) is 41.0 Å². The van der Waals surface area contributed by atoms with Gasteiger partial charge in [0.05, 0.1) is 12.7 Å². The van der Waals surface area contributed by atoms with Gasteiger partial charge in [0, 0.05) is 11.3 Å². The second kappa shape index (κ2) is 4.62. The number of sulfone groups is 1. The number of halogens is 1. The maximum atomic E-state index is 11.4. The SMILES string of the molecule is CS(=O)(=O)c1cnn(Cc2cccc(Cl)c2)c1N. The molecule has 2 rings (SSSR count). The van der Waals surface area contributed by atoms with Crippen molar-refractivity contribution in [3.8, 4) is 0 Å². The Balaban J connectivity index is 2.34. The van der Waals surface area contributed by atoms with Crippen molar-refractivity contribution in [1.82, 2.24) is 9.78 Å². The first-order valence-electron chi connectivity index (χ1n) is 5.13. The van der Waals surface area contributed by atoms with Crippen molar-refractivity contribution in [3.63, 3.8) is 0 Å². The molecule has 5 nitrogen and oxygen atoms in total. The molecule has 0 fully saturated rings. The van der Waals surface area contributed by atoms with Crippen LogP contribution >= 0.6 is 11.6 Å². The van der Waals surface area contributed by atoms with Crippen LogP contribution in [0.3, 0.4) is 0 Å². The van der Waals surface area contributed by atoms with Crippen LogP contribution in [0.4, 0.5) is 5.82 Å². The van der Waals surface area contributed by atoms with Gasteiger partial charge >= 0.3 is 0 Å². The molecule has 7 heteroatoms. The lowest BCUT2D eigenvalue weighted by Crippen LogP contribution is -2.08. The largest absolute Gasteiger partial charge is 0.383 e. The average molecular weight is 286 g/mol. The zero-order chi connectivity index (χ0) is 13.3. The van der Waals surface area contributed by atoms with Gasteiger partial charge in [-0.15, -0.1) is 0 Å². The smallest absolute Gasteiger partial charge is 0.180 e. The Bertz CT molecular complexity index is 679. The van der Waals surface area contributed by atoms with Gasteiger partial charge in [-0.1, -0.05) is 23.7 Å². The van der Waals surface area contributed by atoms with Crippen LogP contribution in [0.5, 0.6) is 0 Å². The number of aromatic nitrogens is 2. The fourth-order valence-electron chi connectivity index (χ4n) is 1.60. The van der Waals surface area contributed by atoms with E-state index in [1.165, 1.54) is 10.9 Å². The van der Waals surface area contributed by atoms with Gasteiger partial charge in [-0.25, -0.2) is 13.1 Å². The molecule has 2 N–H and O–H groups in total. The first-order valence-corrected chi connectivity index (χ1v) is 7.40. The Morgan fingerprint density at radius 1 is 1.44 bits per heavy atom. The summed E-state index contributed by atoms with van der Waals surface area (Å²) >= 11 is 5.87. The monoisotopic (exact) mass is 285 g/mol. The Morgan fingerprint density at radius 2 is 2.17 bits per heavy atom. The van der Waals surface area contributed by atoms with E-state index >= 15 is 0 Å². The molecule has 1 aromatic heterocycles. The highest BCUT2D eigenvalue weighted by Crippen LogP contribution is 2.19. The number of hydrogen-bond donors (Lipinski definition) is 1. The molecule has 0 aliphatic rings. The zero-order valence-corrected chi connectivity index (χ0v) is 11.2. The number of rotatable bonds is 3. The van der Waals surface area contributed by atoms with Gasteiger partial charge in [0.15, 0.2) is 9.84 Å². The third-order valence-corrected chi connectivity index (χ3v) is 3.81. The quantitative estimate of drug-likeness (QED) is 0.928. The molecule has 0 bridgehead atoms. The molecule has 0 radical (unpaired) electrons. The summed E-state index contributed by atoms with van der Waals surface area (Å²) in [6.45, 7) is 0.377. The molecule has 0 atom stereocenters. The zero-order valence-electron chi connectivity index (χ0n) is 9.67. The lowest BCUT2D eigenvalue weighted by Gasteiger charge is -2.05. The number of nitrogens with zero attached hydrogens (tertiary/aromatic N) is 2. The van der Waals surface area contributed by atoms with Crippen LogP contribution in [-0.2, 0) is 16.4 Å². The van der Waals surface area contributed by atoms with Crippen LogP contribution in [0, 0.1) is 0 Å². The summed E-state index contributed by atoms with van der Waals surface area (Å²) in [7, 11) is -3.35. The lowest BCUT2D eigenvalue weighted by atomic mass is 10.2. The topological polar surface area (TPSA) is 78.0 Å². The summed E-state index contributed by atoms with van der Waals surface area (Å²) in [5, 5.41) is 4.59. The number of nitrogens with two attached hydrogens (primary N) is 1. The highest BCUT2D eigenvalue weighted by molar-refractivity contribution is 7.90. The molecule has 1 heterocycles. The Labute approximate surface area is 110 Å². The summed E-state index contributed by atoms with van der Waals surface area (Å²) < 4.78 is 24.3. The number of hydrogen-bond acceptors (Lipinski definition) is 4. The van der Waals surface area contributed by atoms with Crippen molar-refractivity contribution in [1.29, 1.82) is 0 Å². The summed E-state index contributed by atoms with van der Waals surface area (Å²) in [5.74, 6) is 0.137. The molecule has 0 amide bonds. The molecular formula is C11H12ClN3O2S. The van der Waals surface area contributed by atoms with Crippen LogP contribution in [-0.4, -0.2) is 24.5 Å². The Morgan fingerprint density at radius 3 is 2.72 bits per heavy atom. The fourth-order valence-corrected chi connectivity index (χ4v) is 2.53. The first kappa shape index (κ1) is 12.9. The first-order chi connectivity index (χ1) is 8.38. The molecule has 0 aliphatic heterocycles. The highest BCUT2D eigenvalue weighted by Gasteiger charge is 2.16. The minimum atomic E-state index is -3.35. The maximum Gasteiger partial charge on any atom is 0.180 e. The number of benzene rings is 1. The standard InChI is InChI=1S/C11H12ClN3O2S/c1-18(16,17)10-6-14-15(11(10)13)7-8-3-2-4-9(12)5-8/h2-6H,7,13H2,1H3. The van der Waals surface area contributed by atoms with E-state index in [1.54, 1.807) is 12.1 Å². The molecule has 0 saturated carbocycles. The molecule has 18 heavy (non-hydrogen) atoms. The highest BCUT2D eigenvalue weighted by atomic mass is 35.5. The van der Waals surface area contributed by atoms with Gasteiger partial charge in [0.25, 0.3) is 0 Å². The van der Waals surface area contributed by atoms with E-state index in [0.29, 0.717) is 11.6 Å². The second-order valence-corrected chi connectivity index (χ2v) is 6.37. The predicted octanol–water partition coefficient (Wildman–Crippen LogP) is 1.57. The molecule has 0 aliphatic carbocycles. The molecule has 0 saturated heterocycles. The number of nitrogen functional groups attached to an aromatic ring is 1. The summed E-state index contributed by atoms with van der Waals surface area (Å²) in [5.41, 5.74) is 6.66. The summed E-state index contributed by atoms with van der Waals surface area (Å²) in [6.07, 6.45) is 2.36. The molecule has 0 spiro atoms. The van der Waals surface area contributed by atoms with Gasteiger partial charge in [0.1, 0.15) is 10.7 Å². The molecule has 0 unspecified atom stereocenters. The fraction of sp³-hybridized carbons (Fsp3) is 0.182. The van der Waals surface area contributed by atoms with Crippen LogP contribution < -0.4 is 5.73 Å². The number of anilines is 1. The minimum Gasteiger partial charge on any atom is -0.383 e. The minimum absolute atomic E-state index is 0.0459. The summed E-state index contributed by atoms with van der Waals surface area (Å²) in [6, 6.07) is 7.23. The molecule has 1 aromatic carbocycles. The van der Waals surface area contributed by atoms with Crippen LogP contribution in [0.15, 0.2) is 35.4 Å². The summed E-state index contributed by atoms with van der Waals surface area (Å²) in [4.78, 5) is 0.0459. The van der Waals surface area contributed by atoms with Crippen LogP contribution in [0.2, 0.25) is 5.02 Å². The van der Waals surface area contributed by atoms with Gasteiger partial charge in [-0.3, -0.25) is 0 Å². The lowest BCUT2D eigenvalue weighted by molar-refractivity contribution is 0.602. The van der Waals surface area contributed by atoms with Gasteiger partial charge in [-0.2, -0.15) is 5.10 Å². The van der Waals surface area contributed by atoms with Gasteiger partial charge < -0.3 is 5.73 Å². The van der Waals surface area contributed by atoms with E-state index in [4.69, 9.17) is 17.3 Å². The van der Waals surface area contributed by atoms with Crippen molar-refractivity contribution < 1.29 is 8.42 Å². The van der Waals surface area contributed by atoms with Gasteiger partial charge in [0.2, 0.25) is 0 Å². The van der Waals surface area contributed by atoms with Crippen molar-refractivity contribution in [2.75, 3.05) is 12.0 Å². The third-order valence-electron chi connectivity index (χ3n) is 2.47. The normalized spacial score (nSPS) is 11.7. The van der Waals surface area contributed by atoms with Gasteiger partial charge in [-0.05, 0) is 17.7 Å². The van der Waals surface area contributed by atoms with E-state index in [0.717, 1.165) is 11.8 Å². The van der Waals surface area contributed by atoms with Crippen molar-refractivity contribution >= 4 is 27.3 Å². The van der Waals surface area contributed by atoms with Crippen molar-refractivity contribution in [2.45, 2.75) is 11.4 Å². The Hall–Kier alpha value is -1.53. The Kier molecular flexibility index (Phi) is 3.32. The average Bonchev–Trinajstić information content (AvgIpc) is 2.60. The molecular weight excluding hydrogens is 274 g/mol. The molecule has 2 aromatic rings. The van der Waals surface area contributed by atoms with E-state index in [-0.39, 0.29) is 10.7 Å². The van der Waals surface area contributed by atoms with E-state index < -0.39 is 9.84 Å². The van der Waals surface area contributed by atoms with Crippen LogP contribution in [0.1, 0.15) is 5.56 Å². The predicted molar refractivity (Wildman–Crippen MR) is 70.3 cm³/mol.